The molecule has 1 nitrogen and oxygen atoms in total. The van der Waals surface area contributed by atoms with Gasteiger partial charge in [-0.25, -0.2) is 0 Å². The summed E-state index contributed by atoms with van der Waals surface area (Å²) in [6.07, 6.45) is 0. The predicted molar refractivity (Wildman–Crippen MR) is 39.4 cm³/mol. The molecule has 1 radical (unpaired) electrons. The van der Waals surface area contributed by atoms with Crippen molar-refractivity contribution in [1.29, 1.82) is 0 Å². The molecule has 0 N–H and O–H groups in total. The van der Waals surface area contributed by atoms with E-state index in [2.05, 4.69) is 25.1 Å². The molecule has 0 aliphatic carbocycles. The van der Waals surface area contributed by atoms with Gasteiger partial charge in [0.15, 0.2) is 0 Å². The molecule has 2 rings (SSSR count). The smallest absolute Gasteiger partial charge is 0.114 e. The third-order valence-corrected chi connectivity index (χ3v) is 1.75. The van der Waals surface area contributed by atoms with E-state index in [9.17, 15) is 0 Å². The second-order valence-corrected chi connectivity index (χ2v) is 2.63. The summed E-state index contributed by atoms with van der Waals surface area (Å²) in [6.45, 7) is 4.66. The molecule has 1 aromatic rings. The van der Waals surface area contributed by atoms with Crippen LogP contribution in [0, 0.1) is 13.5 Å². The Morgan fingerprint density at radius 2 is 2.30 bits per heavy atom. The lowest BCUT2D eigenvalue weighted by atomic mass is 10.1. The first-order valence-electron chi connectivity index (χ1n) is 3.40. The molecule has 1 aliphatic rings. The zero-order chi connectivity index (χ0) is 6.97. The SMILES string of the molecule is Cc1ccc2c(c1)[CH]OC2. The first-order chi connectivity index (χ1) is 4.86. The summed E-state index contributed by atoms with van der Waals surface area (Å²) >= 11 is 0. The van der Waals surface area contributed by atoms with Crippen molar-refractivity contribution in [3.05, 3.63) is 41.5 Å². The van der Waals surface area contributed by atoms with Crippen molar-refractivity contribution < 1.29 is 4.74 Å². The molecule has 51 valence electrons. The summed E-state index contributed by atoms with van der Waals surface area (Å²) in [7, 11) is 0. The molecule has 0 saturated heterocycles. The van der Waals surface area contributed by atoms with Gasteiger partial charge in [-0.3, -0.25) is 0 Å². The number of benzene rings is 1. The van der Waals surface area contributed by atoms with Crippen molar-refractivity contribution in [3.63, 3.8) is 0 Å². The summed E-state index contributed by atoms with van der Waals surface area (Å²) in [5, 5.41) is 0. The highest BCUT2D eigenvalue weighted by atomic mass is 16.5. The number of rotatable bonds is 0. The molecule has 0 saturated carbocycles. The van der Waals surface area contributed by atoms with Crippen LogP contribution in [0.5, 0.6) is 0 Å². The highest BCUT2D eigenvalue weighted by molar-refractivity contribution is 5.36. The van der Waals surface area contributed by atoms with Gasteiger partial charge in [0.1, 0.15) is 6.61 Å². The average Bonchev–Trinajstić information content (AvgIpc) is 2.33. The van der Waals surface area contributed by atoms with Gasteiger partial charge in [-0.05, 0) is 18.1 Å². The Balaban J connectivity index is 2.52. The van der Waals surface area contributed by atoms with Crippen molar-refractivity contribution >= 4 is 0 Å². The fraction of sp³-hybridized carbons (Fsp3) is 0.222. The zero-order valence-corrected chi connectivity index (χ0v) is 5.92. The van der Waals surface area contributed by atoms with E-state index in [1.807, 2.05) is 6.61 Å². The van der Waals surface area contributed by atoms with Gasteiger partial charge in [0.05, 0.1) is 6.61 Å². The molecule has 10 heavy (non-hydrogen) atoms. The summed E-state index contributed by atoms with van der Waals surface area (Å²) in [5.41, 5.74) is 3.83. The first-order valence-corrected chi connectivity index (χ1v) is 3.40. The van der Waals surface area contributed by atoms with E-state index < -0.39 is 0 Å². The fourth-order valence-corrected chi connectivity index (χ4v) is 1.18. The van der Waals surface area contributed by atoms with Gasteiger partial charge in [0.25, 0.3) is 0 Å². The lowest BCUT2D eigenvalue weighted by molar-refractivity contribution is 0.223. The van der Waals surface area contributed by atoms with Gasteiger partial charge in [0, 0.05) is 0 Å². The van der Waals surface area contributed by atoms with Gasteiger partial charge in [0.2, 0.25) is 0 Å². The molecule has 0 fully saturated rings. The molecule has 1 heteroatoms. The molecule has 0 spiro atoms. The Hall–Kier alpha value is -0.820. The van der Waals surface area contributed by atoms with E-state index in [-0.39, 0.29) is 0 Å². The van der Waals surface area contributed by atoms with Gasteiger partial charge in [-0.1, -0.05) is 23.8 Å². The molecule has 1 aliphatic heterocycles. The van der Waals surface area contributed by atoms with E-state index in [0.717, 1.165) is 6.61 Å². The number of aryl methyl sites for hydroxylation is 1. The number of ether oxygens (including phenoxy) is 1. The van der Waals surface area contributed by atoms with Crippen molar-refractivity contribution in [2.75, 3.05) is 0 Å². The van der Waals surface area contributed by atoms with Gasteiger partial charge >= 0.3 is 0 Å². The predicted octanol–water partition coefficient (Wildman–Crippen LogP) is 2.04. The van der Waals surface area contributed by atoms with E-state index in [1.54, 1.807) is 0 Å². The van der Waals surface area contributed by atoms with Crippen LogP contribution in [0.2, 0.25) is 0 Å². The van der Waals surface area contributed by atoms with E-state index >= 15 is 0 Å². The largest absolute Gasteiger partial charge is 0.366 e. The maximum atomic E-state index is 5.14. The molecule has 1 aromatic carbocycles. The van der Waals surface area contributed by atoms with Crippen LogP contribution in [-0.2, 0) is 11.3 Å². The van der Waals surface area contributed by atoms with Crippen molar-refractivity contribution in [3.8, 4) is 0 Å². The lowest BCUT2D eigenvalue weighted by Gasteiger charge is -1.95. The van der Waals surface area contributed by atoms with E-state index in [0.29, 0.717) is 0 Å². The quantitative estimate of drug-likeness (QED) is 0.526. The monoisotopic (exact) mass is 133 g/mol. The first kappa shape index (κ1) is 5.93. The normalized spacial score (nSPS) is 15.3. The highest BCUT2D eigenvalue weighted by Crippen LogP contribution is 2.21. The van der Waals surface area contributed by atoms with Gasteiger partial charge in [-0.15, -0.1) is 0 Å². The minimum absolute atomic E-state index is 0.746. The van der Waals surface area contributed by atoms with Crippen LogP contribution in [0.4, 0.5) is 0 Å². The minimum Gasteiger partial charge on any atom is -0.366 e. The summed E-state index contributed by atoms with van der Waals surface area (Å²) < 4.78 is 5.14. The third-order valence-electron chi connectivity index (χ3n) is 1.75. The van der Waals surface area contributed by atoms with E-state index in [4.69, 9.17) is 4.74 Å². The minimum atomic E-state index is 0.746. The Labute approximate surface area is 60.6 Å². The molecule has 1 heterocycles. The van der Waals surface area contributed by atoms with E-state index in [1.165, 1.54) is 16.7 Å². The van der Waals surface area contributed by atoms with Crippen LogP contribution < -0.4 is 0 Å². The second-order valence-electron chi connectivity index (χ2n) is 2.63. The Morgan fingerprint density at radius 1 is 1.40 bits per heavy atom. The summed E-state index contributed by atoms with van der Waals surface area (Å²) in [6, 6.07) is 6.37. The summed E-state index contributed by atoms with van der Waals surface area (Å²) in [5.74, 6) is 0. The molecule has 0 aromatic heterocycles. The van der Waals surface area contributed by atoms with Crippen LogP contribution in [0.3, 0.4) is 0 Å². The molecule has 0 amide bonds. The molecule has 0 bridgehead atoms. The second kappa shape index (κ2) is 2.10. The van der Waals surface area contributed by atoms with Crippen LogP contribution in [0.1, 0.15) is 16.7 Å². The van der Waals surface area contributed by atoms with Crippen molar-refractivity contribution in [2.24, 2.45) is 0 Å². The maximum Gasteiger partial charge on any atom is 0.114 e. The van der Waals surface area contributed by atoms with Crippen LogP contribution in [0.15, 0.2) is 18.2 Å². The Kier molecular flexibility index (Phi) is 1.24. The van der Waals surface area contributed by atoms with Gasteiger partial charge < -0.3 is 4.74 Å². The standard InChI is InChI=1S/C9H9O/c1-7-2-3-8-5-10-6-9(8)4-7/h2-4,6H,5H2,1H3. The zero-order valence-electron chi connectivity index (χ0n) is 5.92. The molecular weight excluding hydrogens is 124 g/mol. The molecule has 0 unspecified atom stereocenters. The van der Waals surface area contributed by atoms with Crippen LogP contribution in [-0.4, -0.2) is 0 Å². The Bertz CT molecular complexity index is 253. The average molecular weight is 133 g/mol. The maximum absolute atomic E-state index is 5.14. The van der Waals surface area contributed by atoms with Crippen LogP contribution >= 0.6 is 0 Å². The third kappa shape index (κ3) is 0.830. The van der Waals surface area contributed by atoms with Crippen molar-refractivity contribution in [2.45, 2.75) is 13.5 Å². The topological polar surface area (TPSA) is 9.23 Å². The number of hydrogen-bond acceptors (Lipinski definition) is 1. The molecular formula is C9H9O. The van der Waals surface area contributed by atoms with Crippen molar-refractivity contribution in [1.82, 2.24) is 0 Å². The Morgan fingerprint density at radius 3 is 3.20 bits per heavy atom. The number of hydrogen-bond donors (Lipinski definition) is 0. The highest BCUT2D eigenvalue weighted by Gasteiger charge is 2.09. The van der Waals surface area contributed by atoms with Crippen LogP contribution in [0.25, 0.3) is 0 Å². The molecule has 0 atom stereocenters. The number of fused-ring (bicyclic) bond motifs is 1. The fourth-order valence-electron chi connectivity index (χ4n) is 1.18. The summed E-state index contributed by atoms with van der Waals surface area (Å²) in [4.78, 5) is 0. The van der Waals surface area contributed by atoms with Gasteiger partial charge in [-0.2, -0.15) is 0 Å². The lowest BCUT2D eigenvalue weighted by Crippen LogP contribution is -1.80.